The van der Waals surface area contributed by atoms with E-state index in [2.05, 4.69) is 6.92 Å². The van der Waals surface area contributed by atoms with Crippen LogP contribution in [-0.4, -0.2) is 27.6 Å². The fraction of sp³-hybridized carbons (Fsp3) is 0.500. The molecule has 0 bridgehead atoms. The summed E-state index contributed by atoms with van der Waals surface area (Å²) in [4.78, 5) is 1.16. The number of hydrogen-bond acceptors (Lipinski definition) is 4. The quantitative estimate of drug-likeness (QED) is 0.742. The monoisotopic (exact) mass is 242 g/mol. The van der Waals surface area contributed by atoms with Gasteiger partial charge in [-0.25, -0.2) is 0 Å². The van der Waals surface area contributed by atoms with Gasteiger partial charge in [-0.3, -0.25) is 0 Å². The number of benzene rings is 1. The topological polar surface area (TPSA) is 27.7 Å². The normalized spacial score (nSPS) is 10.1. The molecule has 0 aliphatic rings. The van der Waals surface area contributed by atoms with Gasteiger partial charge in [0, 0.05) is 10.5 Å². The van der Waals surface area contributed by atoms with Crippen molar-refractivity contribution < 1.29 is 14.2 Å². The first-order valence-corrected chi connectivity index (χ1v) is 6.31. The second-order valence-electron chi connectivity index (χ2n) is 3.18. The van der Waals surface area contributed by atoms with Crippen molar-refractivity contribution in [2.24, 2.45) is 0 Å². The summed E-state index contributed by atoms with van der Waals surface area (Å²) in [5.74, 6) is 2.15. The molecule has 0 atom stereocenters. The minimum atomic E-state index is 0.666. The van der Waals surface area contributed by atoms with E-state index in [-0.39, 0.29) is 0 Å². The Labute approximate surface area is 101 Å². The fourth-order valence-corrected chi connectivity index (χ4v) is 2.42. The van der Waals surface area contributed by atoms with Crippen molar-refractivity contribution in [3.8, 4) is 17.2 Å². The molecule has 3 nitrogen and oxygen atoms in total. The summed E-state index contributed by atoms with van der Waals surface area (Å²) in [6, 6.07) is 1.99. The van der Waals surface area contributed by atoms with Crippen LogP contribution >= 0.6 is 11.8 Å². The highest BCUT2D eigenvalue weighted by atomic mass is 32.2. The molecule has 16 heavy (non-hydrogen) atoms. The molecule has 0 unspecified atom stereocenters. The minimum absolute atomic E-state index is 0.666. The molecule has 0 saturated heterocycles. The van der Waals surface area contributed by atoms with Gasteiger partial charge in [-0.15, -0.1) is 11.8 Å². The van der Waals surface area contributed by atoms with Crippen LogP contribution in [0.1, 0.15) is 12.5 Å². The van der Waals surface area contributed by atoms with Gasteiger partial charge in [0.15, 0.2) is 11.5 Å². The van der Waals surface area contributed by atoms with Crippen molar-refractivity contribution in [1.82, 2.24) is 0 Å². The molecular formula is C12H18O3S. The molecule has 0 fully saturated rings. The van der Waals surface area contributed by atoms with Gasteiger partial charge in [0.25, 0.3) is 0 Å². The van der Waals surface area contributed by atoms with Crippen molar-refractivity contribution in [3.05, 3.63) is 11.6 Å². The average molecular weight is 242 g/mol. The maximum Gasteiger partial charge on any atom is 0.203 e. The van der Waals surface area contributed by atoms with Crippen LogP contribution in [0.4, 0.5) is 0 Å². The lowest BCUT2D eigenvalue weighted by Crippen LogP contribution is -2.00. The smallest absolute Gasteiger partial charge is 0.203 e. The van der Waals surface area contributed by atoms with Gasteiger partial charge in [0.1, 0.15) is 0 Å². The highest BCUT2D eigenvalue weighted by molar-refractivity contribution is 7.98. The summed E-state index contributed by atoms with van der Waals surface area (Å²) in [6.07, 6.45) is 2.94. The molecule has 0 N–H and O–H groups in total. The predicted molar refractivity (Wildman–Crippen MR) is 67.3 cm³/mol. The number of methoxy groups -OCH3 is 3. The first kappa shape index (κ1) is 13.0. The van der Waals surface area contributed by atoms with Crippen LogP contribution in [0.2, 0.25) is 0 Å². The highest BCUT2D eigenvalue weighted by Crippen LogP contribution is 2.44. The Morgan fingerprint density at radius 3 is 2.06 bits per heavy atom. The zero-order valence-corrected chi connectivity index (χ0v) is 11.2. The van der Waals surface area contributed by atoms with Crippen LogP contribution in [0.15, 0.2) is 11.0 Å². The van der Waals surface area contributed by atoms with Crippen LogP contribution in [0, 0.1) is 0 Å². The third kappa shape index (κ3) is 2.21. The van der Waals surface area contributed by atoms with Crippen LogP contribution in [-0.2, 0) is 6.42 Å². The summed E-state index contributed by atoms with van der Waals surface area (Å²) in [5.41, 5.74) is 1.16. The van der Waals surface area contributed by atoms with E-state index in [1.165, 1.54) is 0 Å². The lowest BCUT2D eigenvalue weighted by Gasteiger charge is -2.17. The second-order valence-corrected chi connectivity index (χ2v) is 4.03. The summed E-state index contributed by atoms with van der Waals surface area (Å²) < 4.78 is 16.1. The first-order valence-electron chi connectivity index (χ1n) is 5.09. The number of rotatable bonds is 5. The summed E-state index contributed by atoms with van der Waals surface area (Å²) in [5, 5.41) is 0. The van der Waals surface area contributed by atoms with Crippen LogP contribution in [0.3, 0.4) is 0 Å². The van der Waals surface area contributed by atoms with E-state index in [1.807, 2.05) is 12.3 Å². The average Bonchev–Trinajstić information content (AvgIpc) is 2.35. The van der Waals surface area contributed by atoms with Gasteiger partial charge in [0.2, 0.25) is 5.75 Å². The summed E-state index contributed by atoms with van der Waals surface area (Å²) in [7, 11) is 4.91. The Balaban J connectivity index is 3.47. The van der Waals surface area contributed by atoms with Crippen LogP contribution in [0.25, 0.3) is 0 Å². The second kappa shape index (κ2) is 5.89. The zero-order chi connectivity index (χ0) is 12.1. The molecule has 0 spiro atoms. The van der Waals surface area contributed by atoms with Gasteiger partial charge < -0.3 is 14.2 Å². The van der Waals surface area contributed by atoms with E-state index in [0.29, 0.717) is 11.5 Å². The zero-order valence-electron chi connectivity index (χ0n) is 10.4. The Kier molecular flexibility index (Phi) is 4.80. The van der Waals surface area contributed by atoms with Gasteiger partial charge in [-0.2, -0.15) is 0 Å². The maximum absolute atomic E-state index is 5.42. The van der Waals surface area contributed by atoms with E-state index in [0.717, 1.165) is 22.6 Å². The van der Waals surface area contributed by atoms with Crippen molar-refractivity contribution in [1.29, 1.82) is 0 Å². The van der Waals surface area contributed by atoms with Crippen LogP contribution < -0.4 is 14.2 Å². The lowest BCUT2D eigenvalue weighted by atomic mass is 10.1. The minimum Gasteiger partial charge on any atom is -0.493 e. The molecule has 0 aliphatic heterocycles. The SMILES string of the molecule is CCc1c(SC)cc(OC)c(OC)c1OC. The molecule has 1 rings (SSSR count). The largest absolute Gasteiger partial charge is 0.493 e. The van der Waals surface area contributed by atoms with E-state index in [4.69, 9.17) is 14.2 Å². The molecule has 0 amide bonds. The fourth-order valence-electron chi connectivity index (χ4n) is 1.71. The number of thioether (sulfide) groups is 1. The third-order valence-electron chi connectivity index (χ3n) is 2.47. The van der Waals surface area contributed by atoms with Gasteiger partial charge in [0.05, 0.1) is 21.3 Å². The van der Waals surface area contributed by atoms with Crippen molar-refractivity contribution in [2.45, 2.75) is 18.2 Å². The van der Waals surface area contributed by atoms with E-state index < -0.39 is 0 Å². The molecule has 0 radical (unpaired) electrons. The maximum atomic E-state index is 5.42. The highest BCUT2D eigenvalue weighted by Gasteiger charge is 2.18. The van der Waals surface area contributed by atoms with Gasteiger partial charge in [-0.1, -0.05) is 6.92 Å². The molecule has 0 aromatic heterocycles. The Morgan fingerprint density at radius 2 is 1.69 bits per heavy atom. The molecule has 1 aromatic carbocycles. The summed E-state index contributed by atoms with van der Waals surface area (Å²) >= 11 is 1.68. The number of hydrogen-bond donors (Lipinski definition) is 0. The van der Waals surface area contributed by atoms with Gasteiger partial charge >= 0.3 is 0 Å². The molecule has 0 saturated carbocycles. The number of ether oxygens (including phenoxy) is 3. The Morgan fingerprint density at radius 1 is 1.06 bits per heavy atom. The summed E-state index contributed by atoms with van der Waals surface area (Å²) in [6.45, 7) is 2.10. The van der Waals surface area contributed by atoms with E-state index >= 15 is 0 Å². The first-order chi connectivity index (χ1) is 7.73. The molecule has 90 valence electrons. The van der Waals surface area contributed by atoms with Crippen LogP contribution in [0.5, 0.6) is 17.2 Å². The molecule has 1 aromatic rings. The standard InChI is InChI=1S/C12H18O3S/c1-6-8-10(16-5)7-9(13-2)12(15-4)11(8)14-3/h7H,6H2,1-5H3. The molecule has 4 heteroatoms. The van der Waals surface area contributed by atoms with Crippen molar-refractivity contribution in [3.63, 3.8) is 0 Å². The van der Waals surface area contributed by atoms with E-state index in [1.54, 1.807) is 33.1 Å². The van der Waals surface area contributed by atoms with Crippen molar-refractivity contribution in [2.75, 3.05) is 27.6 Å². The molecule has 0 aliphatic carbocycles. The Hall–Kier alpha value is -1.03. The molecular weight excluding hydrogens is 224 g/mol. The van der Waals surface area contributed by atoms with Gasteiger partial charge in [-0.05, 0) is 18.7 Å². The van der Waals surface area contributed by atoms with E-state index in [9.17, 15) is 0 Å². The molecule has 0 heterocycles. The predicted octanol–water partition coefficient (Wildman–Crippen LogP) is 3.00. The lowest BCUT2D eigenvalue weighted by molar-refractivity contribution is 0.320. The Bertz CT molecular complexity index is 334. The van der Waals surface area contributed by atoms with Crippen molar-refractivity contribution >= 4 is 11.8 Å². The third-order valence-corrected chi connectivity index (χ3v) is 3.27.